The zero-order valence-corrected chi connectivity index (χ0v) is 13.7. The molecule has 3 rings (SSSR count). The molecule has 0 aliphatic carbocycles. The first-order valence-corrected chi connectivity index (χ1v) is 7.84. The minimum atomic E-state index is -0.646. The number of aryl methyl sites for hydroxylation is 1. The first-order chi connectivity index (χ1) is 11.0. The van der Waals surface area contributed by atoms with Gasteiger partial charge in [-0.3, -0.25) is 4.90 Å². The third-order valence-electron chi connectivity index (χ3n) is 4.23. The number of rotatable bonds is 2. The van der Waals surface area contributed by atoms with Gasteiger partial charge in [-0.1, -0.05) is 48.5 Å². The van der Waals surface area contributed by atoms with Crippen LogP contribution in [0, 0.1) is 6.92 Å². The van der Waals surface area contributed by atoms with Crippen LogP contribution >= 0.6 is 0 Å². The number of nitrogens with zero attached hydrogens (tertiary/aromatic N) is 1. The quantitative estimate of drug-likeness (QED) is 0.896. The predicted octanol–water partition coefficient (Wildman–Crippen LogP) is 4.34. The lowest BCUT2D eigenvalue weighted by Gasteiger charge is -2.30. The zero-order valence-electron chi connectivity index (χ0n) is 13.7. The molecule has 1 fully saturated rings. The summed E-state index contributed by atoms with van der Waals surface area (Å²) in [5, 5.41) is 2.99. The Bertz CT molecular complexity index is 698. The monoisotopic (exact) mass is 310 g/mol. The maximum absolute atomic E-state index is 12.7. The summed E-state index contributed by atoms with van der Waals surface area (Å²) in [5.74, 6) is 0. The molecule has 2 amide bonds. The first kappa shape index (κ1) is 15.6. The molecular weight excluding hydrogens is 288 g/mol. The van der Waals surface area contributed by atoms with Gasteiger partial charge in [-0.05, 0) is 38.0 Å². The van der Waals surface area contributed by atoms with Crippen LogP contribution in [-0.2, 0) is 4.74 Å². The molecule has 0 saturated carbocycles. The van der Waals surface area contributed by atoms with Crippen LogP contribution in [0.2, 0.25) is 0 Å². The summed E-state index contributed by atoms with van der Waals surface area (Å²) in [6.07, 6.45) is -0.103. The number of carbonyl (C=O) groups is 1. The fourth-order valence-electron chi connectivity index (χ4n) is 2.90. The van der Waals surface area contributed by atoms with E-state index >= 15 is 0 Å². The molecule has 0 aromatic heterocycles. The van der Waals surface area contributed by atoms with Crippen molar-refractivity contribution in [2.24, 2.45) is 0 Å². The maximum atomic E-state index is 12.7. The van der Waals surface area contributed by atoms with Crippen LogP contribution < -0.4 is 5.32 Å². The third-order valence-corrected chi connectivity index (χ3v) is 4.23. The summed E-state index contributed by atoms with van der Waals surface area (Å²) in [6.45, 7) is 6.36. The van der Waals surface area contributed by atoms with Crippen molar-refractivity contribution in [2.45, 2.75) is 32.6 Å². The van der Waals surface area contributed by atoms with Crippen LogP contribution in [0.3, 0.4) is 0 Å². The van der Waals surface area contributed by atoms with Crippen molar-refractivity contribution in [3.05, 3.63) is 65.7 Å². The number of hydrogen-bond donors (Lipinski definition) is 1. The highest BCUT2D eigenvalue weighted by Crippen LogP contribution is 2.35. The lowest BCUT2D eigenvalue weighted by molar-refractivity contribution is -0.0599. The van der Waals surface area contributed by atoms with Gasteiger partial charge in [-0.15, -0.1) is 0 Å². The number of amides is 2. The van der Waals surface area contributed by atoms with E-state index in [1.807, 2.05) is 75.4 Å². The second-order valence-corrected chi connectivity index (χ2v) is 6.32. The van der Waals surface area contributed by atoms with Crippen molar-refractivity contribution >= 4 is 11.7 Å². The number of hydrogen-bond acceptors (Lipinski definition) is 2. The second kappa shape index (κ2) is 6.05. The van der Waals surface area contributed by atoms with Gasteiger partial charge in [0, 0.05) is 5.69 Å². The summed E-state index contributed by atoms with van der Waals surface area (Å²) in [6, 6.07) is 17.6. The molecule has 1 N–H and O–H groups in total. The van der Waals surface area contributed by atoms with Crippen molar-refractivity contribution in [1.82, 2.24) is 4.90 Å². The molecule has 1 aliphatic heterocycles. The SMILES string of the molecule is Cc1ccccc1NC(=O)N1CC(c2ccccc2)OC1(C)C. The van der Waals surface area contributed by atoms with Gasteiger partial charge >= 0.3 is 6.03 Å². The van der Waals surface area contributed by atoms with Gasteiger partial charge in [0.15, 0.2) is 0 Å². The molecule has 2 aromatic rings. The van der Waals surface area contributed by atoms with Gasteiger partial charge in [0.05, 0.1) is 6.54 Å². The Balaban J connectivity index is 1.77. The average molecular weight is 310 g/mol. The van der Waals surface area contributed by atoms with Gasteiger partial charge < -0.3 is 10.1 Å². The molecular formula is C19H22N2O2. The Hall–Kier alpha value is -2.33. The zero-order chi connectivity index (χ0) is 16.4. The topological polar surface area (TPSA) is 41.6 Å². The molecule has 0 radical (unpaired) electrons. The Morgan fingerprint density at radius 3 is 2.48 bits per heavy atom. The predicted molar refractivity (Wildman–Crippen MR) is 91.3 cm³/mol. The first-order valence-electron chi connectivity index (χ1n) is 7.84. The van der Waals surface area contributed by atoms with Crippen LogP contribution in [0.25, 0.3) is 0 Å². The van der Waals surface area contributed by atoms with Crippen molar-refractivity contribution in [1.29, 1.82) is 0 Å². The lowest BCUT2D eigenvalue weighted by Crippen LogP contribution is -2.45. The number of nitrogens with one attached hydrogen (secondary N) is 1. The molecule has 4 nitrogen and oxygen atoms in total. The molecule has 0 bridgehead atoms. The number of benzene rings is 2. The van der Waals surface area contributed by atoms with Crippen LogP contribution in [0.4, 0.5) is 10.5 Å². The normalized spacial score (nSPS) is 19.6. The van der Waals surface area contributed by atoms with Crippen molar-refractivity contribution < 1.29 is 9.53 Å². The summed E-state index contributed by atoms with van der Waals surface area (Å²) in [7, 11) is 0. The summed E-state index contributed by atoms with van der Waals surface area (Å²) < 4.78 is 6.10. The molecule has 0 spiro atoms. The molecule has 120 valence electrons. The Morgan fingerprint density at radius 1 is 1.13 bits per heavy atom. The fraction of sp³-hybridized carbons (Fsp3) is 0.316. The van der Waals surface area contributed by atoms with E-state index in [4.69, 9.17) is 4.74 Å². The minimum absolute atomic E-state index is 0.103. The Kier molecular flexibility index (Phi) is 4.09. The molecule has 2 aromatic carbocycles. The maximum Gasteiger partial charge on any atom is 0.324 e. The standard InChI is InChI=1S/C19H22N2O2/c1-14-9-7-8-12-16(14)20-18(22)21-13-17(23-19(21,2)3)15-10-5-4-6-11-15/h4-12,17H,13H2,1-3H3,(H,20,22). The van der Waals surface area contributed by atoms with E-state index < -0.39 is 5.72 Å². The largest absolute Gasteiger partial charge is 0.346 e. The van der Waals surface area contributed by atoms with Gasteiger partial charge in [-0.2, -0.15) is 0 Å². The van der Waals surface area contributed by atoms with Crippen LogP contribution in [0.5, 0.6) is 0 Å². The number of urea groups is 1. The van der Waals surface area contributed by atoms with E-state index in [1.165, 1.54) is 0 Å². The molecule has 1 aliphatic rings. The Labute approximate surface area is 137 Å². The fourth-order valence-corrected chi connectivity index (χ4v) is 2.90. The molecule has 23 heavy (non-hydrogen) atoms. The molecule has 1 unspecified atom stereocenters. The number of ether oxygens (including phenoxy) is 1. The molecule has 1 atom stereocenters. The van der Waals surface area contributed by atoms with Crippen LogP contribution in [0.15, 0.2) is 54.6 Å². The van der Waals surface area contributed by atoms with E-state index in [0.717, 1.165) is 16.8 Å². The Morgan fingerprint density at radius 2 is 1.78 bits per heavy atom. The van der Waals surface area contributed by atoms with Crippen LogP contribution in [-0.4, -0.2) is 23.2 Å². The van der Waals surface area contributed by atoms with Gasteiger partial charge in [0.2, 0.25) is 0 Å². The van der Waals surface area contributed by atoms with Gasteiger partial charge in [0.25, 0.3) is 0 Å². The van der Waals surface area contributed by atoms with E-state index in [2.05, 4.69) is 5.32 Å². The van der Waals surface area contributed by atoms with E-state index in [1.54, 1.807) is 4.90 Å². The summed E-state index contributed by atoms with van der Waals surface area (Å²) in [4.78, 5) is 14.4. The highest BCUT2D eigenvalue weighted by Gasteiger charge is 2.42. The smallest absolute Gasteiger partial charge is 0.324 e. The van der Waals surface area contributed by atoms with E-state index in [9.17, 15) is 4.79 Å². The minimum Gasteiger partial charge on any atom is -0.346 e. The van der Waals surface area contributed by atoms with Crippen molar-refractivity contribution in [3.63, 3.8) is 0 Å². The number of anilines is 1. The summed E-state index contributed by atoms with van der Waals surface area (Å²) >= 11 is 0. The third kappa shape index (κ3) is 3.22. The van der Waals surface area contributed by atoms with E-state index in [-0.39, 0.29) is 12.1 Å². The van der Waals surface area contributed by atoms with Crippen molar-refractivity contribution in [3.8, 4) is 0 Å². The lowest BCUT2D eigenvalue weighted by atomic mass is 10.1. The average Bonchev–Trinajstić information content (AvgIpc) is 2.86. The highest BCUT2D eigenvalue weighted by atomic mass is 16.5. The van der Waals surface area contributed by atoms with Gasteiger partial charge in [0.1, 0.15) is 11.8 Å². The molecule has 1 saturated heterocycles. The summed E-state index contributed by atoms with van der Waals surface area (Å²) in [5.41, 5.74) is 2.31. The van der Waals surface area contributed by atoms with Crippen molar-refractivity contribution in [2.75, 3.05) is 11.9 Å². The molecule has 1 heterocycles. The number of carbonyl (C=O) groups excluding carboxylic acids is 1. The van der Waals surface area contributed by atoms with Gasteiger partial charge in [-0.25, -0.2) is 4.79 Å². The van der Waals surface area contributed by atoms with Crippen LogP contribution in [0.1, 0.15) is 31.1 Å². The highest BCUT2D eigenvalue weighted by molar-refractivity contribution is 5.90. The second-order valence-electron chi connectivity index (χ2n) is 6.32. The number of para-hydroxylation sites is 1. The van der Waals surface area contributed by atoms with E-state index in [0.29, 0.717) is 6.54 Å². The molecule has 4 heteroatoms.